The van der Waals surface area contributed by atoms with Crippen molar-refractivity contribution >= 4 is 55.2 Å². The monoisotopic (exact) mass is 499 g/mol. The molecule has 0 spiro atoms. The molecule has 172 valence electrons. The van der Waals surface area contributed by atoms with Gasteiger partial charge in [-0.3, -0.25) is 0 Å². The number of benzene rings is 3. The van der Waals surface area contributed by atoms with Crippen LogP contribution in [0.25, 0.3) is 26.6 Å². The van der Waals surface area contributed by atoms with Crippen LogP contribution in [0, 0.1) is 22.7 Å². The van der Waals surface area contributed by atoms with Crippen LogP contribution in [0.3, 0.4) is 0 Å². The van der Waals surface area contributed by atoms with Crippen LogP contribution >= 0.6 is 22.7 Å². The second kappa shape index (κ2) is 8.50. The fourth-order valence-electron chi connectivity index (χ4n) is 4.97. The van der Waals surface area contributed by atoms with Crippen molar-refractivity contribution in [3.63, 3.8) is 0 Å². The van der Waals surface area contributed by atoms with Gasteiger partial charge < -0.3 is 4.90 Å². The summed E-state index contributed by atoms with van der Waals surface area (Å²) in [4.78, 5) is 4.50. The first-order valence-corrected chi connectivity index (χ1v) is 13.3. The average molecular weight is 500 g/mol. The lowest BCUT2D eigenvalue weighted by atomic mass is 9.82. The van der Waals surface area contributed by atoms with Gasteiger partial charge in [0, 0.05) is 31.2 Å². The molecule has 1 aliphatic rings. The molecule has 6 rings (SSSR count). The number of nitrogens with zero attached hydrogens (tertiary/aromatic N) is 3. The van der Waals surface area contributed by atoms with E-state index in [1.165, 1.54) is 36.7 Å². The van der Waals surface area contributed by atoms with Crippen molar-refractivity contribution in [1.82, 2.24) is 0 Å². The molecule has 0 fully saturated rings. The second-order valence-corrected chi connectivity index (χ2v) is 11.5. The number of rotatable bonds is 4. The summed E-state index contributed by atoms with van der Waals surface area (Å²) >= 11 is 3.44. The number of para-hydroxylation sites is 1. The van der Waals surface area contributed by atoms with Gasteiger partial charge >= 0.3 is 0 Å². The highest BCUT2D eigenvalue weighted by atomic mass is 32.1. The molecule has 3 nitrogen and oxygen atoms in total. The molecule has 5 aromatic rings. The van der Waals surface area contributed by atoms with E-state index >= 15 is 0 Å². The number of nitriles is 2. The molecule has 2 heterocycles. The van der Waals surface area contributed by atoms with Gasteiger partial charge in [-0.25, -0.2) is 0 Å². The Morgan fingerprint density at radius 3 is 2.31 bits per heavy atom. The quantitative estimate of drug-likeness (QED) is 0.232. The normalized spacial score (nSPS) is 12.9. The zero-order valence-corrected chi connectivity index (χ0v) is 21.5. The average Bonchev–Trinajstić information content (AvgIpc) is 3.57. The molecule has 0 atom stereocenters. The van der Waals surface area contributed by atoms with E-state index in [9.17, 15) is 10.5 Å². The lowest BCUT2D eigenvalue weighted by molar-refractivity contribution is 0.662. The Kier molecular flexibility index (Phi) is 5.27. The lowest BCUT2D eigenvalue weighted by Gasteiger charge is -2.27. The summed E-state index contributed by atoms with van der Waals surface area (Å²) < 4.78 is 1.27. The second-order valence-electron chi connectivity index (χ2n) is 9.32. The molecular formula is C31H21N3S2. The SMILES string of the molecule is CC1(C)c2cc(N(c3ccccc3)c3cc4ccccc4s3)ccc2-c2sc(C=C(C#N)C#N)cc21. The molecular weight excluding hydrogens is 478 g/mol. The summed E-state index contributed by atoms with van der Waals surface area (Å²) in [6.45, 7) is 4.51. The first-order valence-electron chi connectivity index (χ1n) is 11.6. The van der Waals surface area contributed by atoms with Crippen LogP contribution < -0.4 is 4.90 Å². The van der Waals surface area contributed by atoms with Crippen molar-refractivity contribution in [2.45, 2.75) is 19.3 Å². The molecule has 5 heteroatoms. The minimum Gasteiger partial charge on any atom is -0.302 e. The molecule has 0 saturated carbocycles. The van der Waals surface area contributed by atoms with Gasteiger partial charge in [0.05, 0.1) is 0 Å². The van der Waals surface area contributed by atoms with Crippen LogP contribution in [-0.4, -0.2) is 0 Å². The Bertz CT molecular complexity index is 1690. The maximum atomic E-state index is 9.17. The number of fused-ring (bicyclic) bond motifs is 4. The van der Waals surface area contributed by atoms with Crippen LogP contribution in [0.15, 0.2) is 90.5 Å². The molecule has 3 aromatic carbocycles. The number of allylic oxidation sites excluding steroid dienone is 1. The Morgan fingerprint density at radius 2 is 1.56 bits per heavy atom. The highest BCUT2D eigenvalue weighted by Gasteiger charge is 2.38. The van der Waals surface area contributed by atoms with E-state index in [0.29, 0.717) is 0 Å². The first-order chi connectivity index (χ1) is 17.5. The molecule has 0 aliphatic heterocycles. The van der Waals surface area contributed by atoms with E-state index in [1.807, 2.05) is 18.2 Å². The van der Waals surface area contributed by atoms with Gasteiger partial charge in [0.25, 0.3) is 0 Å². The number of hydrogen-bond donors (Lipinski definition) is 0. The van der Waals surface area contributed by atoms with Crippen LogP contribution in [0.1, 0.15) is 29.9 Å². The standard InChI is InChI=1S/C31H21N3S2/c1-31(2)26-16-23(12-13-25(26)30-27(31)17-24(35-30)14-20(18-32)19-33)34(22-9-4-3-5-10-22)29-15-21-8-6-7-11-28(21)36-29/h3-17H,1-2H3. The largest absolute Gasteiger partial charge is 0.302 e. The number of anilines is 3. The summed E-state index contributed by atoms with van der Waals surface area (Å²) in [5, 5.41) is 20.8. The Morgan fingerprint density at radius 1 is 0.806 bits per heavy atom. The lowest BCUT2D eigenvalue weighted by Crippen LogP contribution is -2.16. The summed E-state index contributed by atoms with van der Waals surface area (Å²) in [5.74, 6) is 0. The van der Waals surface area contributed by atoms with E-state index in [0.717, 1.165) is 16.3 Å². The van der Waals surface area contributed by atoms with Crippen molar-refractivity contribution in [1.29, 1.82) is 10.5 Å². The first kappa shape index (κ1) is 22.3. The molecule has 0 N–H and O–H groups in total. The van der Waals surface area contributed by atoms with Gasteiger partial charge in [0.15, 0.2) is 0 Å². The van der Waals surface area contributed by atoms with Gasteiger partial charge in [-0.15, -0.1) is 22.7 Å². The van der Waals surface area contributed by atoms with Crippen molar-refractivity contribution in [2.75, 3.05) is 4.90 Å². The minimum absolute atomic E-state index is 0.130. The fourth-order valence-corrected chi connectivity index (χ4v) is 7.37. The topological polar surface area (TPSA) is 50.8 Å². The maximum absolute atomic E-state index is 9.17. The maximum Gasteiger partial charge on any atom is 0.131 e. The molecule has 0 amide bonds. The van der Waals surface area contributed by atoms with Gasteiger partial charge in [0.2, 0.25) is 0 Å². The van der Waals surface area contributed by atoms with Crippen molar-refractivity contribution in [3.05, 3.63) is 107 Å². The van der Waals surface area contributed by atoms with Gasteiger partial charge in [-0.2, -0.15) is 10.5 Å². The zero-order chi connectivity index (χ0) is 24.9. The van der Waals surface area contributed by atoms with Gasteiger partial charge in [-0.05, 0) is 70.6 Å². The molecule has 0 radical (unpaired) electrons. The summed E-state index contributed by atoms with van der Waals surface area (Å²) in [7, 11) is 0. The Balaban J connectivity index is 1.49. The van der Waals surface area contributed by atoms with Crippen molar-refractivity contribution in [2.24, 2.45) is 0 Å². The Labute approximate surface area is 218 Å². The van der Waals surface area contributed by atoms with Crippen LogP contribution in [0.4, 0.5) is 16.4 Å². The predicted octanol–water partition coefficient (Wildman–Crippen LogP) is 9.17. The zero-order valence-electron chi connectivity index (χ0n) is 19.8. The molecule has 36 heavy (non-hydrogen) atoms. The van der Waals surface area contributed by atoms with E-state index in [-0.39, 0.29) is 11.0 Å². The van der Waals surface area contributed by atoms with Crippen LogP contribution in [-0.2, 0) is 5.41 Å². The molecule has 2 aromatic heterocycles. The summed E-state index contributed by atoms with van der Waals surface area (Å²) in [6, 6.07) is 34.1. The van der Waals surface area contributed by atoms with Crippen molar-refractivity contribution < 1.29 is 0 Å². The molecule has 0 unspecified atom stereocenters. The van der Waals surface area contributed by atoms with E-state index in [1.54, 1.807) is 28.7 Å². The number of hydrogen-bond acceptors (Lipinski definition) is 5. The van der Waals surface area contributed by atoms with E-state index < -0.39 is 0 Å². The Hall–Kier alpha value is -4.16. The van der Waals surface area contributed by atoms with Crippen molar-refractivity contribution in [3.8, 4) is 22.6 Å². The molecule has 1 aliphatic carbocycles. The summed E-state index contributed by atoms with van der Waals surface area (Å²) in [6.07, 6.45) is 1.69. The van der Waals surface area contributed by atoms with Gasteiger partial charge in [-0.1, -0.05) is 56.3 Å². The third-order valence-corrected chi connectivity index (χ3v) is 9.00. The fraction of sp³-hybridized carbons (Fsp3) is 0.0968. The smallest absolute Gasteiger partial charge is 0.131 e. The highest BCUT2D eigenvalue weighted by molar-refractivity contribution is 7.23. The third kappa shape index (κ3) is 3.53. The van der Waals surface area contributed by atoms with Crippen LogP contribution in [0.2, 0.25) is 0 Å². The van der Waals surface area contributed by atoms with Gasteiger partial charge in [0.1, 0.15) is 22.7 Å². The number of thiophene rings is 2. The molecule has 0 saturated heterocycles. The minimum atomic E-state index is -0.189. The van der Waals surface area contributed by atoms with Crippen LogP contribution in [0.5, 0.6) is 0 Å². The summed E-state index contributed by atoms with van der Waals surface area (Å²) in [5.41, 5.74) is 5.96. The predicted molar refractivity (Wildman–Crippen MR) is 151 cm³/mol. The third-order valence-electron chi connectivity index (χ3n) is 6.78. The molecule has 0 bridgehead atoms. The van der Waals surface area contributed by atoms with E-state index in [2.05, 4.69) is 97.6 Å². The highest BCUT2D eigenvalue weighted by Crippen LogP contribution is 2.54. The van der Waals surface area contributed by atoms with E-state index in [4.69, 9.17) is 0 Å².